The Morgan fingerprint density at radius 1 is 0.921 bits per heavy atom. The number of fused-ring (bicyclic) bond motifs is 2. The van der Waals surface area contributed by atoms with E-state index in [9.17, 15) is 24.6 Å². The number of aliphatic imine (C=N–C) groups is 1. The van der Waals surface area contributed by atoms with Crippen LogP contribution in [0.25, 0.3) is 0 Å². The first-order valence-electron chi connectivity index (χ1n) is 26.7. The van der Waals surface area contributed by atoms with Crippen LogP contribution in [0, 0.1) is 29.1 Å². The van der Waals surface area contributed by atoms with Crippen molar-refractivity contribution in [2.75, 3.05) is 60.2 Å². The van der Waals surface area contributed by atoms with Gasteiger partial charge in [-0.25, -0.2) is 4.79 Å². The first-order valence-corrected chi connectivity index (χ1v) is 27.5. The molecule has 3 amide bonds. The van der Waals surface area contributed by atoms with Crippen molar-refractivity contribution in [3.8, 4) is 11.5 Å². The maximum atomic E-state index is 15.2. The fraction of sp³-hybridized carbons (Fsp3) is 0.542. The van der Waals surface area contributed by atoms with E-state index in [4.69, 9.17) is 51.9 Å². The number of unbranched alkanes of at least 4 members (excludes halogenated alkanes) is 1. The van der Waals surface area contributed by atoms with Crippen LogP contribution in [0.15, 0.2) is 94.5 Å². The summed E-state index contributed by atoms with van der Waals surface area (Å²) in [5.41, 5.74) is 4.28. The van der Waals surface area contributed by atoms with Crippen LogP contribution in [0.4, 0.5) is 4.79 Å². The van der Waals surface area contributed by atoms with E-state index in [-0.39, 0.29) is 93.2 Å². The van der Waals surface area contributed by atoms with Gasteiger partial charge in [0.2, 0.25) is 5.91 Å². The van der Waals surface area contributed by atoms with Gasteiger partial charge in [0.25, 0.3) is 0 Å². The Labute approximate surface area is 457 Å². The second-order valence-corrected chi connectivity index (χ2v) is 22.5. The molecule has 2 N–H and O–H groups in total. The van der Waals surface area contributed by atoms with Gasteiger partial charge < -0.3 is 43.7 Å². The molecule has 3 aromatic carbocycles. The third kappa shape index (κ3) is 12.2. The number of nitrogens with zero attached hydrogens (tertiary/aromatic N) is 4. The van der Waals surface area contributed by atoms with Gasteiger partial charge in [0, 0.05) is 73.5 Å². The molecule has 10 atom stereocenters. The van der Waals surface area contributed by atoms with Crippen LogP contribution >= 0.6 is 23.2 Å². The number of methoxy groups -OCH3 is 2. The molecule has 0 bridgehead atoms. The lowest BCUT2D eigenvalue weighted by atomic mass is 9.68. The molecule has 410 valence electrons. The summed E-state index contributed by atoms with van der Waals surface area (Å²) >= 11 is 12.8. The van der Waals surface area contributed by atoms with Crippen LogP contribution in [0.1, 0.15) is 109 Å². The molecule has 2 heterocycles. The van der Waals surface area contributed by atoms with Gasteiger partial charge >= 0.3 is 12.0 Å². The van der Waals surface area contributed by atoms with Gasteiger partial charge in [-0.1, -0.05) is 78.5 Å². The first-order chi connectivity index (χ1) is 36.3. The minimum Gasteiger partial charge on any atom is -0.497 e. The summed E-state index contributed by atoms with van der Waals surface area (Å²) in [6, 6.07) is 18.3. The van der Waals surface area contributed by atoms with Crippen LogP contribution in [0.2, 0.25) is 10.0 Å². The molecule has 1 saturated heterocycles. The molecule has 0 unspecified atom stereocenters. The highest BCUT2D eigenvalue weighted by atomic mass is 35.5. The number of carbonyl (C=O) groups is 4. The number of piperazine rings is 1. The van der Waals surface area contributed by atoms with Gasteiger partial charge in [-0.15, -0.1) is 0 Å². The van der Waals surface area contributed by atoms with Crippen LogP contribution in [0.3, 0.4) is 0 Å². The highest BCUT2D eigenvalue weighted by Crippen LogP contribution is 2.56. The number of hydrogen-bond donors (Lipinski definition) is 2. The van der Waals surface area contributed by atoms with Crippen LogP contribution in [-0.4, -0.2) is 139 Å². The quantitative estimate of drug-likeness (QED) is 0.0664. The van der Waals surface area contributed by atoms with Crippen molar-refractivity contribution in [2.24, 2.45) is 34.1 Å². The number of esters is 1. The number of hydrogen-bond acceptors (Lipinski definition) is 12. The monoisotopic (exact) mass is 1080 g/mol. The lowest BCUT2D eigenvalue weighted by Gasteiger charge is -2.43. The van der Waals surface area contributed by atoms with E-state index in [0.717, 1.165) is 35.1 Å². The van der Waals surface area contributed by atoms with Crippen molar-refractivity contribution < 1.29 is 53.1 Å². The molecule has 76 heavy (non-hydrogen) atoms. The summed E-state index contributed by atoms with van der Waals surface area (Å²) in [4.78, 5) is 64.7. The van der Waals surface area contributed by atoms with Gasteiger partial charge in [0.1, 0.15) is 36.0 Å². The number of amidine groups is 1. The Kier molecular flexibility index (Phi) is 18.4. The smallest absolute Gasteiger partial charge is 0.326 e. The molecule has 1 saturated carbocycles. The number of carbonyl (C=O) groups excluding carboxylic acids is 4. The number of amides is 3. The molecule has 8 rings (SSSR count). The van der Waals surface area contributed by atoms with E-state index in [2.05, 4.69) is 13.0 Å². The van der Waals surface area contributed by atoms with E-state index in [1.165, 1.54) is 22.3 Å². The molecule has 0 spiro atoms. The second-order valence-electron chi connectivity index (χ2n) is 21.6. The summed E-state index contributed by atoms with van der Waals surface area (Å²) in [6.07, 6.45) is 2.97. The van der Waals surface area contributed by atoms with Crippen LogP contribution in [0.5, 0.6) is 11.5 Å². The molecule has 3 aliphatic carbocycles. The van der Waals surface area contributed by atoms with Gasteiger partial charge in [-0.3, -0.25) is 24.3 Å². The maximum Gasteiger partial charge on any atom is 0.326 e. The predicted octanol–water partition coefficient (Wildman–Crippen LogP) is 9.60. The predicted molar refractivity (Wildman–Crippen MR) is 291 cm³/mol. The molecule has 2 fully saturated rings. The molecular formula is C59H74Cl2N4O11. The van der Waals surface area contributed by atoms with Crippen molar-refractivity contribution in [1.82, 2.24) is 14.7 Å². The van der Waals surface area contributed by atoms with Gasteiger partial charge in [-0.2, -0.15) is 0 Å². The normalized spacial score (nSPS) is 27.6. The van der Waals surface area contributed by atoms with Gasteiger partial charge in [0.15, 0.2) is 5.78 Å². The zero-order valence-corrected chi connectivity index (χ0v) is 46.5. The van der Waals surface area contributed by atoms with Gasteiger partial charge in [0.05, 0.1) is 56.8 Å². The molecule has 15 nitrogen and oxygen atoms in total. The Hall–Kier alpha value is -5.29. The number of urea groups is 1. The van der Waals surface area contributed by atoms with E-state index < -0.39 is 41.8 Å². The van der Waals surface area contributed by atoms with Gasteiger partial charge in [-0.05, 0) is 118 Å². The summed E-state index contributed by atoms with van der Waals surface area (Å²) in [6.45, 7) is 12.2. The van der Waals surface area contributed by atoms with E-state index >= 15 is 4.79 Å². The van der Waals surface area contributed by atoms with Crippen molar-refractivity contribution in [3.63, 3.8) is 0 Å². The number of aliphatic hydroxyl groups is 2. The zero-order valence-electron chi connectivity index (χ0n) is 45.0. The summed E-state index contributed by atoms with van der Waals surface area (Å²) in [5.74, 6) is 0.429. The van der Waals surface area contributed by atoms with Crippen molar-refractivity contribution >= 4 is 52.7 Å². The zero-order chi connectivity index (χ0) is 54.6. The molecular weight excluding hydrogens is 1010 g/mol. The van der Waals surface area contributed by atoms with E-state index in [1.54, 1.807) is 55.5 Å². The fourth-order valence-electron chi connectivity index (χ4n) is 12.1. The van der Waals surface area contributed by atoms with Crippen molar-refractivity contribution in [1.29, 1.82) is 0 Å². The lowest BCUT2D eigenvalue weighted by molar-refractivity contribution is -0.141. The summed E-state index contributed by atoms with van der Waals surface area (Å²) < 4.78 is 29.7. The number of halogens is 2. The third-order valence-electron chi connectivity index (χ3n) is 16.1. The SMILES string of the molecule is COC[C@H]1CC[C@@H]2/C1=C\[C@]1(C)C(=C([C@H](C)COC(C)=O)C[C@@H]1O)[C@@H](OCCCCC(=O)CN1CCN(C(=O)N3C(c4ccc(OC)cc4OC(C)C)=N[C@@H](c4ccc(Cl)cc4)[C@H]3c3ccc(Cl)cc3)CC1=O)[C@H](O)[C@@H]2C. The fourth-order valence-corrected chi connectivity index (χ4v) is 12.3. The number of ether oxygens (including phenoxy) is 5. The first kappa shape index (κ1) is 56.9. The minimum absolute atomic E-state index is 0.0946. The summed E-state index contributed by atoms with van der Waals surface area (Å²) in [5, 5.41) is 25.2. The molecule has 0 radical (unpaired) electrons. The Balaban J connectivity index is 0.951. The minimum atomic E-state index is -0.889. The molecule has 3 aromatic rings. The number of rotatable bonds is 19. The van der Waals surface area contributed by atoms with E-state index in [0.29, 0.717) is 58.8 Å². The summed E-state index contributed by atoms with van der Waals surface area (Å²) in [7, 11) is 3.27. The molecule has 0 aromatic heterocycles. The maximum absolute atomic E-state index is 15.2. The largest absolute Gasteiger partial charge is 0.497 e. The second kappa shape index (κ2) is 24.6. The topological polar surface area (TPSA) is 177 Å². The number of benzene rings is 3. The Morgan fingerprint density at radius 2 is 1.62 bits per heavy atom. The molecule has 17 heteroatoms. The van der Waals surface area contributed by atoms with Crippen LogP contribution in [-0.2, 0) is 28.6 Å². The Bertz CT molecular complexity index is 2690. The standard InChI is InChI=1S/C59H74Cl2N4O11/c1-34(2)76-49-27-44(73-8)21-23-46(49)57-62-53(38-12-17-41(60)18-13-38)54(39-14-19-42(61)20-15-39)65(57)58(71)64-25-24-63(51(69)31-64)30-43(67)11-9-10-26-74-56-52-47(35(3)32-75-37(5)66)28-50(68)59(52,6)29-48-40(33-72-7)16-22-45(48)36(4)55(56)70/h12-15,17-21,23,27,29,34-36,40,45,50,53-56,68,70H,9-11,16,22,24-26,28,30-33H2,1-8H3/b48-29-/t35-,36-,40-,45+,50+,53+,54-,55-,56-,59+/m1/s1. The molecule has 5 aliphatic rings. The Morgan fingerprint density at radius 3 is 2.26 bits per heavy atom. The van der Waals surface area contributed by atoms with E-state index in [1.807, 2.05) is 58.0 Å². The number of Topliss-reactive ketones (excluding diaryl/α,β-unsaturated/α-hetero) is 1. The van der Waals surface area contributed by atoms with Crippen molar-refractivity contribution in [2.45, 2.75) is 117 Å². The highest BCUT2D eigenvalue weighted by molar-refractivity contribution is 6.30. The van der Waals surface area contributed by atoms with Crippen molar-refractivity contribution in [3.05, 3.63) is 116 Å². The average Bonchev–Trinajstić information content (AvgIpc) is 4.09. The highest BCUT2D eigenvalue weighted by Gasteiger charge is 2.54. The third-order valence-corrected chi connectivity index (χ3v) is 16.6. The number of ketones is 1. The lowest BCUT2D eigenvalue weighted by Crippen LogP contribution is -2.57. The molecule has 2 aliphatic heterocycles. The average molecular weight is 1090 g/mol. The number of aliphatic hydroxyl groups excluding tert-OH is 2. The van der Waals surface area contributed by atoms with Crippen LogP contribution < -0.4 is 9.47 Å².